The molecule has 66 valence electrons. The van der Waals surface area contributed by atoms with E-state index in [0.717, 1.165) is 0 Å². The molecule has 1 aromatic carbocycles. The topological polar surface area (TPSA) is 26.0 Å². The van der Waals surface area contributed by atoms with E-state index < -0.39 is 11.6 Å². The summed E-state index contributed by atoms with van der Waals surface area (Å²) in [5, 5.41) is 0. The minimum atomic E-state index is -0.590. The van der Waals surface area contributed by atoms with Crippen molar-refractivity contribution in [3.63, 3.8) is 0 Å². The Bertz CT molecular complexity index is 289. The van der Waals surface area contributed by atoms with E-state index in [4.69, 9.17) is 5.73 Å². The van der Waals surface area contributed by atoms with Gasteiger partial charge in [0.2, 0.25) is 0 Å². The van der Waals surface area contributed by atoms with Crippen LogP contribution in [0.3, 0.4) is 0 Å². The summed E-state index contributed by atoms with van der Waals surface area (Å²) in [5.74, 6) is -1.14. The zero-order valence-electron chi connectivity index (χ0n) is 6.28. The maximum atomic E-state index is 13.1. The Morgan fingerprint density at radius 2 is 2.00 bits per heavy atom. The van der Waals surface area contributed by atoms with Gasteiger partial charge in [0.25, 0.3) is 0 Å². The summed E-state index contributed by atoms with van der Waals surface area (Å²) in [7, 11) is 0. The van der Waals surface area contributed by atoms with Crippen LogP contribution in [0.4, 0.5) is 8.78 Å². The highest BCUT2D eigenvalue weighted by Gasteiger charge is 2.09. The van der Waals surface area contributed by atoms with Gasteiger partial charge < -0.3 is 5.73 Å². The van der Waals surface area contributed by atoms with Crippen molar-refractivity contribution in [1.29, 1.82) is 0 Å². The van der Waals surface area contributed by atoms with Gasteiger partial charge in [0, 0.05) is 0 Å². The van der Waals surface area contributed by atoms with Crippen molar-refractivity contribution in [2.75, 3.05) is 6.54 Å². The zero-order chi connectivity index (χ0) is 9.14. The zero-order valence-corrected chi connectivity index (χ0v) is 7.87. The molecule has 2 N–H and O–H groups in total. The van der Waals surface area contributed by atoms with Gasteiger partial charge in [-0.25, -0.2) is 8.78 Å². The van der Waals surface area contributed by atoms with E-state index >= 15 is 0 Å². The minimum absolute atomic E-state index is 0.117. The van der Waals surface area contributed by atoms with Crippen LogP contribution in [0.15, 0.2) is 16.6 Å². The van der Waals surface area contributed by atoms with Gasteiger partial charge >= 0.3 is 0 Å². The molecule has 0 bridgehead atoms. The Morgan fingerprint density at radius 3 is 2.58 bits per heavy atom. The standard InChI is InChI=1S/C8H8BrF2N/c9-7-6(10)2-1-5(3-4-12)8(7)11/h1-2H,3-4,12H2. The van der Waals surface area contributed by atoms with E-state index in [2.05, 4.69) is 15.9 Å². The second-order valence-electron chi connectivity index (χ2n) is 2.37. The fourth-order valence-electron chi connectivity index (χ4n) is 0.914. The van der Waals surface area contributed by atoms with E-state index in [1.54, 1.807) is 0 Å². The van der Waals surface area contributed by atoms with E-state index in [9.17, 15) is 8.78 Å². The molecule has 0 heterocycles. The van der Waals surface area contributed by atoms with Gasteiger partial charge in [0.15, 0.2) is 0 Å². The van der Waals surface area contributed by atoms with Gasteiger partial charge in [0.1, 0.15) is 11.6 Å². The molecule has 0 fully saturated rings. The van der Waals surface area contributed by atoms with Crippen molar-refractivity contribution in [1.82, 2.24) is 0 Å². The molecule has 0 aromatic heterocycles. The van der Waals surface area contributed by atoms with Gasteiger partial charge in [-0.3, -0.25) is 0 Å². The Morgan fingerprint density at radius 1 is 1.33 bits per heavy atom. The molecule has 0 aliphatic rings. The Balaban J connectivity index is 3.08. The average Bonchev–Trinajstić information content (AvgIpc) is 2.07. The third kappa shape index (κ3) is 1.81. The second kappa shape index (κ2) is 3.96. The van der Waals surface area contributed by atoms with Crippen molar-refractivity contribution in [3.8, 4) is 0 Å². The van der Waals surface area contributed by atoms with Crippen LogP contribution < -0.4 is 5.73 Å². The predicted octanol–water partition coefficient (Wildman–Crippen LogP) is 2.23. The van der Waals surface area contributed by atoms with Gasteiger partial charge in [-0.1, -0.05) is 6.07 Å². The Hall–Kier alpha value is -0.480. The Labute approximate surface area is 77.7 Å². The number of rotatable bonds is 2. The number of hydrogen-bond acceptors (Lipinski definition) is 1. The molecule has 0 saturated carbocycles. The number of nitrogens with two attached hydrogens (primary N) is 1. The van der Waals surface area contributed by atoms with Crippen LogP contribution in [0.25, 0.3) is 0 Å². The molecule has 1 aromatic rings. The minimum Gasteiger partial charge on any atom is -0.330 e. The van der Waals surface area contributed by atoms with E-state index in [1.807, 2.05) is 0 Å². The molecule has 0 radical (unpaired) electrons. The number of halogens is 3. The van der Waals surface area contributed by atoms with Crippen molar-refractivity contribution in [3.05, 3.63) is 33.8 Å². The monoisotopic (exact) mass is 235 g/mol. The quantitative estimate of drug-likeness (QED) is 0.783. The van der Waals surface area contributed by atoms with Crippen LogP contribution in [0.2, 0.25) is 0 Å². The second-order valence-corrected chi connectivity index (χ2v) is 3.17. The summed E-state index contributed by atoms with van der Waals surface area (Å²) in [6.45, 7) is 0.356. The number of hydrogen-bond donors (Lipinski definition) is 1. The van der Waals surface area contributed by atoms with Crippen molar-refractivity contribution < 1.29 is 8.78 Å². The summed E-state index contributed by atoms with van der Waals surface area (Å²) in [6, 6.07) is 2.63. The smallest absolute Gasteiger partial charge is 0.143 e. The highest BCUT2D eigenvalue weighted by Crippen LogP contribution is 2.22. The van der Waals surface area contributed by atoms with Gasteiger partial charge in [-0.2, -0.15) is 0 Å². The summed E-state index contributed by atoms with van der Waals surface area (Å²) >= 11 is 2.81. The maximum absolute atomic E-state index is 13.1. The van der Waals surface area contributed by atoms with Crippen molar-refractivity contribution in [2.45, 2.75) is 6.42 Å². The molecule has 0 aliphatic heterocycles. The molecule has 0 spiro atoms. The molecule has 0 amide bonds. The molecule has 1 nitrogen and oxygen atoms in total. The fraction of sp³-hybridized carbons (Fsp3) is 0.250. The van der Waals surface area contributed by atoms with E-state index in [1.165, 1.54) is 12.1 Å². The molecule has 0 aliphatic carbocycles. The molecule has 0 saturated heterocycles. The highest BCUT2D eigenvalue weighted by molar-refractivity contribution is 9.10. The Kier molecular flexibility index (Phi) is 3.17. The molecular formula is C8H8BrF2N. The van der Waals surface area contributed by atoms with Gasteiger partial charge in [0.05, 0.1) is 4.47 Å². The third-order valence-corrected chi connectivity index (χ3v) is 2.26. The predicted molar refractivity (Wildman–Crippen MR) is 46.8 cm³/mol. The summed E-state index contributed by atoms with van der Waals surface area (Å²) in [6.07, 6.45) is 0.421. The van der Waals surface area contributed by atoms with Crippen LogP contribution in [0.1, 0.15) is 5.56 Å². The van der Waals surface area contributed by atoms with Crippen LogP contribution in [-0.2, 0) is 6.42 Å². The first-order valence-electron chi connectivity index (χ1n) is 3.49. The van der Waals surface area contributed by atoms with Crippen LogP contribution >= 0.6 is 15.9 Å². The number of benzene rings is 1. The first kappa shape index (κ1) is 9.61. The van der Waals surface area contributed by atoms with E-state index in [0.29, 0.717) is 18.5 Å². The lowest BCUT2D eigenvalue weighted by molar-refractivity contribution is 0.561. The maximum Gasteiger partial charge on any atom is 0.143 e. The largest absolute Gasteiger partial charge is 0.330 e. The molecular weight excluding hydrogens is 228 g/mol. The first-order chi connectivity index (χ1) is 5.66. The lowest BCUT2D eigenvalue weighted by Crippen LogP contribution is -2.05. The lowest BCUT2D eigenvalue weighted by Gasteiger charge is -2.03. The molecule has 4 heteroatoms. The van der Waals surface area contributed by atoms with Gasteiger partial charge in [-0.15, -0.1) is 0 Å². The lowest BCUT2D eigenvalue weighted by atomic mass is 10.1. The summed E-state index contributed by atoms with van der Waals surface area (Å²) in [4.78, 5) is 0. The molecule has 1 rings (SSSR count). The third-order valence-electron chi connectivity index (χ3n) is 1.53. The SMILES string of the molecule is NCCc1ccc(F)c(Br)c1F. The highest BCUT2D eigenvalue weighted by atomic mass is 79.9. The summed E-state index contributed by atoms with van der Waals surface area (Å²) in [5.41, 5.74) is 5.68. The fourth-order valence-corrected chi connectivity index (χ4v) is 1.30. The normalized spacial score (nSPS) is 10.3. The van der Waals surface area contributed by atoms with Crippen molar-refractivity contribution in [2.24, 2.45) is 5.73 Å². The van der Waals surface area contributed by atoms with Crippen molar-refractivity contribution >= 4 is 15.9 Å². The average molecular weight is 236 g/mol. The molecule has 0 atom stereocenters. The summed E-state index contributed by atoms with van der Waals surface area (Å²) < 4.78 is 25.7. The first-order valence-corrected chi connectivity index (χ1v) is 4.28. The molecule has 12 heavy (non-hydrogen) atoms. The van der Waals surface area contributed by atoms with Gasteiger partial charge in [-0.05, 0) is 40.5 Å². The van der Waals surface area contributed by atoms with Crippen LogP contribution in [0, 0.1) is 11.6 Å². The molecule has 0 unspecified atom stereocenters. The van der Waals surface area contributed by atoms with E-state index in [-0.39, 0.29) is 4.47 Å². The van der Waals surface area contributed by atoms with Crippen LogP contribution in [0.5, 0.6) is 0 Å². The van der Waals surface area contributed by atoms with Crippen LogP contribution in [-0.4, -0.2) is 6.54 Å².